The maximum atomic E-state index is 6.02. The van der Waals surface area contributed by atoms with E-state index >= 15 is 0 Å². The smallest absolute Gasteiger partial charge is 0.171 e. The van der Waals surface area contributed by atoms with Gasteiger partial charge in [0.2, 0.25) is 0 Å². The number of piperidine rings is 1. The number of ether oxygens (including phenoxy) is 2. The molecule has 1 N–H and O–H groups in total. The Labute approximate surface area is 131 Å². The average Bonchev–Trinajstić information content (AvgIpc) is 2.46. The summed E-state index contributed by atoms with van der Waals surface area (Å²) in [6, 6.07) is 1.08. The van der Waals surface area contributed by atoms with Crippen LogP contribution in [0.15, 0.2) is 0 Å². The summed E-state index contributed by atoms with van der Waals surface area (Å²) in [6.07, 6.45) is 14.0. The Morgan fingerprint density at radius 3 is 2.33 bits per heavy atom. The largest absolute Gasteiger partial charge is 0.350 e. The SMILES string of the molecule is CCCCCCCCC[C@@H]1CC2(C[C@H](C)N1)OCCCO2. The van der Waals surface area contributed by atoms with E-state index in [0.717, 1.165) is 32.5 Å². The van der Waals surface area contributed by atoms with Gasteiger partial charge in [-0.2, -0.15) is 0 Å². The van der Waals surface area contributed by atoms with Crippen LogP contribution in [0.2, 0.25) is 0 Å². The molecule has 3 nitrogen and oxygen atoms in total. The van der Waals surface area contributed by atoms with Gasteiger partial charge in [0.15, 0.2) is 5.79 Å². The summed E-state index contributed by atoms with van der Waals surface area (Å²) in [4.78, 5) is 0. The maximum absolute atomic E-state index is 6.02. The zero-order valence-corrected chi connectivity index (χ0v) is 14.2. The zero-order chi connectivity index (χ0) is 15.0. The summed E-state index contributed by atoms with van der Waals surface area (Å²) >= 11 is 0. The molecule has 2 aliphatic rings. The maximum Gasteiger partial charge on any atom is 0.171 e. The van der Waals surface area contributed by atoms with Crippen LogP contribution >= 0.6 is 0 Å². The molecule has 3 heteroatoms. The number of rotatable bonds is 8. The average molecular weight is 297 g/mol. The van der Waals surface area contributed by atoms with Gasteiger partial charge in [0.1, 0.15) is 0 Å². The molecular weight excluding hydrogens is 262 g/mol. The minimum absolute atomic E-state index is 0.269. The molecule has 2 rings (SSSR count). The molecule has 0 bridgehead atoms. The van der Waals surface area contributed by atoms with Crippen LogP contribution in [0.1, 0.15) is 84.5 Å². The van der Waals surface area contributed by atoms with Gasteiger partial charge in [-0.3, -0.25) is 0 Å². The highest BCUT2D eigenvalue weighted by Crippen LogP contribution is 2.34. The first-order valence-corrected chi connectivity index (χ1v) is 9.28. The topological polar surface area (TPSA) is 30.5 Å². The number of hydrogen-bond acceptors (Lipinski definition) is 3. The van der Waals surface area contributed by atoms with Crippen molar-refractivity contribution in [1.82, 2.24) is 5.32 Å². The van der Waals surface area contributed by atoms with Crippen molar-refractivity contribution in [2.24, 2.45) is 0 Å². The molecule has 1 spiro atoms. The second kappa shape index (κ2) is 9.12. The van der Waals surface area contributed by atoms with Crippen LogP contribution in [-0.2, 0) is 9.47 Å². The lowest BCUT2D eigenvalue weighted by molar-refractivity contribution is -0.285. The zero-order valence-electron chi connectivity index (χ0n) is 14.2. The highest BCUT2D eigenvalue weighted by atomic mass is 16.7. The second-order valence-corrected chi connectivity index (χ2v) is 7.04. The number of nitrogens with one attached hydrogen (secondary N) is 1. The van der Waals surface area contributed by atoms with Crippen LogP contribution in [-0.4, -0.2) is 31.1 Å². The predicted octanol–water partition coefficient (Wildman–Crippen LogP) is 4.40. The van der Waals surface area contributed by atoms with E-state index in [1.807, 2.05) is 0 Å². The van der Waals surface area contributed by atoms with Crippen molar-refractivity contribution >= 4 is 0 Å². The van der Waals surface area contributed by atoms with Gasteiger partial charge in [-0.15, -0.1) is 0 Å². The first-order chi connectivity index (χ1) is 10.2. The van der Waals surface area contributed by atoms with E-state index in [1.54, 1.807) is 0 Å². The number of unbranched alkanes of at least 4 members (excludes halogenated alkanes) is 6. The summed E-state index contributed by atoms with van der Waals surface area (Å²) in [6.45, 7) is 6.29. The Hall–Kier alpha value is -0.120. The Balaban J connectivity index is 1.63. The molecular formula is C18H35NO2. The minimum atomic E-state index is -0.269. The molecule has 0 radical (unpaired) electrons. The fraction of sp³-hybridized carbons (Fsp3) is 1.00. The fourth-order valence-electron chi connectivity index (χ4n) is 3.83. The lowest BCUT2D eigenvalue weighted by atomic mass is 9.89. The lowest BCUT2D eigenvalue weighted by Gasteiger charge is -2.45. The summed E-state index contributed by atoms with van der Waals surface area (Å²) in [5.74, 6) is -0.269. The summed E-state index contributed by atoms with van der Waals surface area (Å²) in [5.41, 5.74) is 0. The first-order valence-electron chi connectivity index (χ1n) is 9.28. The second-order valence-electron chi connectivity index (χ2n) is 7.04. The number of hydrogen-bond donors (Lipinski definition) is 1. The van der Waals surface area contributed by atoms with E-state index in [4.69, 9.17) is 9.47 Å². The molecule has 21 heavy (non-hydrogen) atoms. The van der Waals surface area contributed by atoms with Gasteiger partial charge in [-0.1, -0.05) is 51.9 Å². The van der Waals surface area contributed by atoms with Crippen molar-refractivity contribution in [3.05, 3.63) is 0 Å². The van der Waals surface area contributed by atoms with E-state index in [0.29, 0.717) is 12.1 Å². The van der Waals surface area contributed by atoms with E-state index in [1.165, 1.54) is 51.4 Å². The van der Waals surface area contributed by atoms with Crippen molar-refractivity contribution in [3.63, 3.8) is 0 Å². The molecule has 124 valence electrons. The van der Waals surface area contributed by atoms with Crippen LogP contribution in [0.5, 0.6) is 0 Å². The highest BCUT2D eigenvalue weighted by Gasteiger charge is 2.42. The lowest BCUT2D eigenvalue weighted by Crippen LogP contribution is -2.56. The Bertz CT molecular complexity index is 276. The van der Waals surface area contributed by atoms with E-state index in [2.05, 4.69) is 19.2 Å². The van der Waals surface area contributed by atoms with Crippen molar-refractivity contribution < 1.29 is 9.47 Å². The molecule has 0 saturated carbocycles. The van der Waals surface area contributed by atoms with Crippen LogP contribution < -0.4 is 5.32 Å². The van der Waals surface area contributed by atoms with E-state index in [-0.39, 0.29) is 5.79 Å². The van der Waals surface area contributed by atoms with Gasteiger partial charge in [0.25, 0.3) is 0 Å². The molecule has 0 amide bonds. The fourth-order valence-corrected chi connectivity index (χ4v) is 3.83. The van der Waals surface area contributed by atoms with Crippen molar-refractivity contribution in [2.45, 2.75) is 102 Å². The molecule has 2 saturated heterocycles. The van der Waals surface area contributed by atoms with Crippen LogP contribution in [0, 0.1) is 0 Å². The molecule has 2 fully saturated rings. The van der Waals surface area contributed by atoms with Crippen molar-refractivity contribution in [2.75, 3.05) is 13.2 Å². The van der Waals surface area contributed by atoms with Gasteiger partial charge in [0, 0.05) is 24.9 Å². The quantitative estimate of drug-likeness (QED) is 0.674. The Kier molecular flexibility index (Phi) is 7.48. The molecule has 0 unspecified atom stereocenters. The summed E-state index contributed by atoms with van der Waals surface area (Å²) in [5, 5.41) is 3.74. The third kappa shape index (κ3) is 5.88. The van der Waals surface area contributed by atoms with Gasteiger partial charge in [-0.05, 0) is 19.8 Å². The third-order valence-electron chi connectivity index (χ3n) is 4.87. The summed E-state index contributed by atoms with van der Waals surface area (Å²) < 4.78 is 12.0. The molecule has 0 aromatic carbocycles. The highest BCUT2D eigenvalue weighted by molar-refractivity contribution is 4.90. The van der Waals surface area contributed by atoms with Gasteiger partial charge in [0.05, 0.1) is 13.2 Å². The van der Waals surface area contributed by atoms with Crippen LogP contribution in [0.4, 0.5) is 0 Å². The Morgan fingerprint density at radius 2 is 1.62 bits per heavy atom. The predicted molar refractivity (Wildman–Crippen MR) is 87.5 cm³/mol. The summed E-state index contributed by atoms with van der Waals surface area (Å²) in [7, 11) is 0. The normalized spacial score (nSPS) is 28.9. The van der Waals surface area contributed by atoms with Crippen molar-refractivity contribution in [1.29, 1.82) is 0 Å². The van der Waals surface area contributed by atoms with Gasteiger partial charge in [-0.25, -0.2) is 0 Å². The third-order valence-corrected chi connectivity index (χ3v) is 4.87. The van der Waals surface area contributed by atoms with Crippen molar-refractivity contribution in [3.8, 4) is 0 Å². The van der Waals surface area contributed by atoms with E-state index < -0.39 is 0 Å². The Morgan fingerprint density at radius 1 is 0.952 bits per heavy atom. The van der Waals surface area contributed by atoms with E-state index in [9.17, 15) is 0 Å². The molecule has 0 aromatic rings. The van der Waals surface area contributed by atoms with Gasteiger partial charge < -0.3 is 14.8 Å². The van der Waals surface area contributed by atoms with Gasteiger partial charge >= 0.3 is 0 Å². The molecule has 0 aromatic heterocycles. The molecule has 2 aliphatic heterocycles. The van der Waals surface area contributed by atoms with Crippen LogP contribution in [0.3, 0.4) is 0 Å². The standard InChI is InChI=1S/C18H35NO2/c1-3-4-5-6-7-8-9-11-17-15-18(14-16(2)19-17)20-12-10-13-21-18/h16-17,19H,3-15H2,1-2H3/t16-,17+/m0/s1. The molecule has 2 atom stereocenters. The van der Waals surface area contributed by atoms with Crippen LogP contribution in [0.25, 0.3) is 0 Å². The first kappa shape index (κ1) is 17.2. The molecule has 0 aliphatic carbocycles. The monoisotopic (exact) mass is 297 g/mol. The minimum Gasteiger partial charge on any atom is -0.350 e. The molecule has 2 heterocycles.